The third-order valence-electron chi connectivity index (χ3n) is 5.85. The summed E-state index contributed by atoms with van der Waals surface area (Å²) in [6.07, 6.45) is 10.4. The zero-order valence-corrected chi connectivity index (χ0v) is 15.9. The molecule has 0 saturated heterocycles. The van der Waals surface area contributed by atoms with Crippen molar-refractivity contribution in [2.24, 2.45) is 23.7 Å². The van der Waals surface area contributed by atoms with Crippen LogP contribution >= 0.6 is 0 Å². The van der Waals surface area contributed by atoms with Gasteiger partial charge in [-0.05, 0) is 56.8 Å². The minimum absolute atomic E-state index is 0.0845. The molecule has 0 aromatic carbocycles. The minimum atomic E-state index is -0.738. The van der Waals surface area contributed by atoms with Gasteiger partial charge in [0.15, 0.2) is 0 Å². The monoisotopic (exact) mass is 360 g/mol. The third kappa shape index (κ3) is 5.72. The lowest BCUT2D eigenvalue weighted by Crippen LogP contribution is -2.19. The fourth-order valence-electron chi connectivity index (χ4n) is 4.31. The van der Waals surface area contributed by atoms with Gasteiger partial charge in [0.05, 0.1) is 12.2 Å². The van der Waals surface area contributed by atoms with E-state index < -0.39 is 12.1 Å². The number of rotatable bonds is 8. The van der Waals surface area contributed by atoms with E-state index in [-0.39, 0.29) is 24.4 Å². The molecule has 0 aliphatic heterocycles. The van der Waals surface area contributed by atoms with Crippen molar-refractivity contribution in [2.45, 2.75) is 71.0 Å². The molecule has 0 radical (unpaired) electrons. The molecule has 6 atom stereocenters. The maximum absolute atomic E-state index is 10.6. The Morgan fingerprint density at radius 2 is 2.15 bits per heavy atom. The van der Waals surface area contributed by atoms with Gasteiger partial charge in [0, 0.05) is 18.8 Å². The number of fused-ring (bicyclic) bond motifs is 1. The van der Waals surface area contributed by atoms with Crippen LogP contribution < -0.4 is 0 Å². The minimum Gasteiger partial charge on any atom is -0.481 e. The van der Waals surface area contributed by atoms with Crippen molar-refractivity contribution in [1.29, 1.82) is 0 Å². The molecule has 2 saturated carbocycles. The van der Waals surface area contributed by atoms with Gasteiger partial charge in [-0.25, -0.2) is 0 Å². The van der Waals surface area contributed by atoms with E-state index in [1.165, 1.54) is 5.57 Å². The van der Waals surface area contributed by atoms with Gasteiger partial charge in [-0.2, -0.15) is 0 Å². The molecule has 0 amide bonds. The van der Waals surface area contributed by atoms with E-state index in [2.05, 4.69) is 17.9 Å². The molecule has 2 aliphatic rings. The van der Waals surface area contributed by atoms with Gasteiger partial charge in [-0.3, -0.25) is 4.79 Å². The second kappa shape index (κ2) is 9.94. The van der Waals surface area contributed by atoms with Gasteiger partial charge < -0.3 is 15.3 Å². The van der Waals surface area contributed by atoms with Crippen molar-refractivity contribution in [3.63, 3.8) is 0 Å². The average Bonchev–Trinajstić information content (AvgIpc) is 3.10. The molecule has 2 aliphatic carbocycles. The summed E-state index contributed by atoms with van der Waals surface area (Å²) in [6, 6.07) is 0. The first kappa shape index (κ1) is 20.7. The SMILES string of the molecule is CC#CCC(C)[C@@H](O)/C=C/C1[C@H](O)C[C@@H]2C/C(=C/CCCC(=O)O)C[C@H]12. The summed E-state index contributed by atoms with van der Waals surface area (Å²) in [4.78, 5) is 10.6. The summed E-state index contributed by atoms with van der Waals surface area (Å²) < 4.78 is 0. The van der Waals surface area contributed by atoms with E-state index in [9.17, 15) is 15.0 Å². The lowest BCUT2D eigenvalue weighted by molar-refractivity contribution is -0.137. The Balaban J connectivity index is 1.89. The van der Waals surface area contributed by atoms with E-state index in [1.807, 2.05) is 19.1 Å². The summed E-state index contributed by atoms with van der Waals surface area (Å²) in [7, 11) is 0. The van der Waals surface area contributed by atoms with Gasteiger partial charge in [0.25, 0.3) is 0 Å². The molecule has 26 heavy (non-hydrogen) atoms. The molecule has 2 fully saturated rings. The van der Waals surface area contributed by atoms with E-state index >= 15 is 0 Å². The number of aliphatic hydroxyl groups is 2. The molecule has 2 rings (SSSR count). The van der Waals surface area contributed by atoms with Crippen molar-refractivity contribution < 1.29 is 20.1 Å². The van der Waals surface area contributed by atoms with E-state index in [1.54, 1.807) is 6.92 Å². The Morgan fingerprint density at radius 3 is 2.85 bits per heavy atom. The molecule has 4 nitrogen and oxygen atoms in total. The number of aliphatic carboxylic acids is 1. The normalized spacial score (nSPS) is 31.6. The molecule has 144 valence electrons. The van der Waals surface area contributed by atoms with Crippen LogP contribution in [0.15, 0.2) is 23.8 Å². The molecule has 3 N–H and O–H groups in total. The Bertz CT molecular complexity index is 595. The zero-order chi connectivity index (χ0) is 19.1. The number of carboxylic acid groups (broad SMARTS) is 1. The number of hydrogen-bond donors (Lipinski definition) is 3. The Kier molecular flexibility index (Phi) is 7.93. The number of aliphatic hydroxyl groups excluding tert-OH is 2. The van der Waals surface area contributed by atoms with Gasteiger partial charge >= 0.3 is 5.97 Å². The van der Waals surface area contributed by atoms with Crippen molar-refractivity contribution >= 4 is 5.97 Å². The zero-order valence-electron chi connectivity index (χ0n) is 15.9. The van der Waals surface area contributed by atoms with Crippen LogP contribution in [0.25, 0.3) is 0 Å². The van der Waals surface area contributed by atoms with Crippen LogP contribution in [0.3, 0.4) is 0 Å². The maximum atomic E-state index is 10.6. The van der Waals surface area contributed by atoms with Crippen molar-refractivity contribution in [3.8, 4) is 11.8 Å². The van der Waals surface area contributed by atoms with Crippen LogP contribution in [-0.2, 0) is 4.79 Å². The fraction of sp³-hybridized carbons (Fsp3) is 0.682. The molecule has 4 heteroatoms. The highest BCUT2D eigenvalue weighted by atomic mass is 16.4. The topological polar surface area (TPSA) is 77.8 Å². The van der Waals surface area contributed by atoms with Crippen LogP contribution in [0.4, 0.5) is 0 Å². The summed E-state index contributed by atoms with van der Waals surface area (Å²) in [6.45, 7) is 3.79. The highest BCUT2D eigenvalue weighted by Crippen LogP contribution is 2.50. The lowest BCUT2D eigenvalue weighted by Gasteiger charge is -2.19. The first-order chi connectivity index (χ1) is 12.4. The summed E-state index contributed by atoms with van der Waals surface area (Å²) in [5.41, 5.74) is 1.41. The first-order valence-corrected chi connectivity index (χ1v) is 9.76. The van der Waals surface area contributed by atoms with Crippen molar-refractivity contribution in [3.05, 3.63) is 23.8 Å². The van der Waals surface area contributed by atoms with Crippen molar-refractivity contribution in [1.82, 2.24) is 0 Å². The molecule has 0 spiro atoms. The van der Waals surface area contributed by atoms with Crippen LogP contribution in [0.2, 0.25) is 0 Å². The first-order valence-electron chi connectivity index (χ1n) is 9.76. The Labute approximate surface area is 157 Å². The second-order valence-electron chi connectivity index (χ2n) is 7.84. The molecule has 0 heterocycles. The number of carboxylic acids is 1. The van der Waals surface area contributed by atoms with Crippen LogP contribution in [0.5, 0.6) is 0 Å². The second-order valence-corrected chi connectivity index (χ2v) is 7.84. The summed E-state index contributed by atoms with van der Waals surface area (Å²) >= 11 is 0. The van der Waals surface area contributed by atoms with Gasteiger partial charge in [-0.15, -0.1) is 11.8 Å². The molecular weight excluding hydrogens is 328 g/mol. The number of unbranched alkanes of at least 4 members (excludes halogenated alkanes) is 1. The van der Waals surface area contributed by atoms with E-state index in [0.717, 1.165) is 25.7 Å². The highest BCUT2D eigenvalue weighted by molar-refractivity contribution is 5.66. The van der Waals surface area contributed by atoms with Crippen molar-refractivity contribution in [2.75, 3.05) is 0 Å². The molecular formula is C22H32O4. The summed E-state index contributed by atoms with van der Waals surface area (Å²) in [5, 5.41) is 29.4. The van der Waals surface area contributed by atoms with Crippen LogP contribution in [0, 0.1) is 35.5 Å². The molecule has 0 bridgehead atoms. The van der Waals surface area contributed by atoms with Crippen LogP contribution in [0.1, 0.15) is 58.8 Å². The highest BCUT2D eigenvalue weighted by Gasteiger charge is 2.44. The predicted octanol–water partition coefficient (Wildman–Crippen LogP) is 3.54. The Hall–Kier alpha value is -1.57. The fourth-order valence-corrected chi connectivity index (χ4v) is 4.31. The molecule has 0 aromatic rings. The average molecular weight is 360 g/mol. The van der Waals surface area contributed by atoms with E-state index in [0.29, 0.717) is 24.7 Å². The maximum Gasteiger partial charge on any atom is 0.303 e. The van der Waals surface area contributed by atoms with Gasteiger partial charge in [0.2, 0.25) is 0 Å². The van der Waals surface area contributed by atoms with Gasteiger partial charge in [-0.1, -0.05) is 30.7 Å². The number of hydrogen-bond acceptors (Lipinski definition) is 3. The third-order valence-corrected chi connectivity index (χ3v) is 5.85. The summed E-state index contributed by atoms with van der Waals surface area (Å²) in [5.74, 6) is 6.25. The lowest BCUT2D eigenvalue weighted by atomic mass is 9.89. The smallest absolute Gasteiger partial charge is 0.303 e. The van der Waals surface area contributed by atoms with Crippen LogP contribution in [-0.4, -0.2) is 33.5 Å². The molecule has 2 unspecified atom stereocenters. The molecule has 0 aromatic heterocycles. The largest absolute Gasteiger partial charge is 0.481 e. The van der Waals surface area contributed by atoms with Gasteiger partial charge in [0.1, 0.15) is 0 Å². The quantitative estimate of drug-likeness (QED) is 0.351. The predicted molar refractivity (Wildman–Crippen MR) is 102 cm³/mol. The number of allylic oxidation sites excluding steroid dienone is 2. The Morgan fingerprint density at radius 1 is 1.38 bits per heavy atom. The standard InChI is InChI=1S/C22H32O4/c1-3-4-7-15(2)20(23)11-10-18-19-13-16(8-5-6-9-22(25)26)12-17(19)14-21(18)24/h8,10-11,15,17-21,23-24H,5-7,9,12-14H2,1-2H3,(H,25,26)/b11-10+,16-8-/t15?,17-,18?,19-,20-,21+/m0/s1. The van der Waals surface area contributed by atoms with E-state index in [4.69, 9.17) is 5.11 Å². The number of carbonyl (C=O) groups is 1.